The van der Waals surface area contributed by atoms with E-state index in [2.05, 4.69) is 32.7 Å². The molecule has 6 atom stereocenters. The third kappa shape index (κ3) is 7.13. The van der Waals surface area contributed by atoms with Gasteiger partial charge in [-0.15, -0.1) is 0 Å². The predicted octanol–water partition coefficient (Wildman–Crippen LogP) is 3.81. The van der Waals surface area contributed by atoms with Gasteiger partial charge < -0.3 is 29.6 Å². The van der Waals surface area contributed by atoms with Crippen LogP contribution >= 0.6 is 20.4 Å². The van der Waals surface area contributed by atoms with E-state index in [9.17, 15) is 14.5 Å². The summed E-state index contributed by atoms with van der Waals surface area (Å²) >= 11 is 4.64. The van der Waals surface area contributed by atoms with Crippen molar-refractivity contribution in [1.82, 2.24) is 24.6 Å². The number of hydrogen-bond donors (Lipinski definition) is 4. The van der Waals surface area contributed by atoms with Gasteiger partial charge in [-0.1, -0.05) is 24.6 Å². The Morgan fingerprint density at radius 2 is 2.00 bits per heavy atom. The van der Waals surface area contributed by atoms with Gasteiger partial charge in [-0.05, 0) is 58.6 Å². The fourth-order valence-electron chi connectivity index (χ4n) is 5.31. The lowest BCUT2D eigenvalue weighted by Crippen LogP contribution is -2.41. The quantitative estimate of drug-likeness (QED) is 0.126. The molecule has 5 rings (SSSR count). The molecule has 0 amide bonds. The number of nitrogens with one attached hydrogen (secondary N) is 1. The number of nitrogens with zero attached hydrogens (tertiary/aromatic N) is 4. The fraction of sp³-hybridized carbons (Fsp3) is 0.571. The zero-order valence-electron chi connectivity index (χ0n) is 24.9. The summed E-state index contributed by atoms with van der Waals surface area (Å²) in [5.41, 5.74) is 4.98. The number of carbonyl (C=O) groups is 1. The second-order valence-corrected chi connectivity index (χ2v) is 13.3. The second kappa shape index (κ2) is 13.6. The number of aromatic nitrogens is 4. The highest BCUT2D eigenvalue weighted by molar-refractivity contribution is 7.81. The van der Waals surface area contributed by atoms with E-state index in [1.165, 1.54) is 17.8 Å². The number of rotatable bonds is 12. The predicted molar refractivity (Wildman–Crippen MR) is 164 cm³/mol. The zero-order chi connectivity index (χ0) is 31.5. The van der Waals surface area contributed by atoms with Gasteiger partial charge >= 0.3 is 13.7 Å². The minimum absolute atomic E-state index is 0.0381. The summed E-state index contributed by atoms with van der Waals surface area (Å²) in [4.78, 5) is 25.6. The minimum Gasteiger partial charge on any atom is -0.476 e. The summed E-state index contributed by atoms with van der Waals surface area (Å²) in [6.07, 6.45) is 4.08. The number of benzene rings is 1. The van der Waals surface area contributed by atoms with Gasteiger partial charge in [0, 0.05) is 0 Å². The highest BCUT2D eigenvalue weighted by Crippen LogP contribution is 2.48. The van der Waals surface area contributed by atoms with Crippen molar-refractivity contribution >= 4 is 43.5 Å². The average Bonchev–Trinajstić information content (AvgIpc) is 3.50. The summed E-state index contributed by atoms with van der Waals surface area (Å²) in [6, 6.07) is 7.45. The molecule has 0 spiro atoms. The molecular weight excluding hydrogens is 611 g/mol. The van der Waals surface area contributed by atoms with Crippen LogP contribution in [0.2, 0.25) is 0 Å². The van der Waals surface area contributed by atoms with Crippen LogP contribution in [0.25, 0.3) is 11.2 Å². The van der Waals surface area contributed by atoms with E-state index < -0.39 is 42.9 Å². The van der Waals surface area contributed by atoms with Gasteiger partial charge in [0.25, 0.3) is 0 Å². The molecule has 1 aliphatic heterocycles. The number of nitrogen functional groups attached to an aromatic ring is 1. The molecule has 0 radical (unpaired) electrons. The number of carbonyl (C=O) groups excluding carboxylic acids is 1. The Morgan fingerprint density at radius 1 is 1.27 bits per heavy atom. The smallest absolute Gasteiger partial charge is 0.459 e. The van der Waals surface area contributed by atoms with Crippen molar-refractivity contribution in [3.63, 3.8) is 0 Å². The Labute approximate surface area is 261 Å². The molecule has 0 bridgehead atoms. The molecule has 1 aliphatic carbocycles. The molecule has 3 aromatic rings. The Bertz CT molecular complexity index is 1490. The first kappa shape index (κ1) is 32.5. The Kier molecular flexibility index (Phi) is 10.0. The van der Waals surface area contributed by atoms with Crippen LogP contribution in [0.4, 0.5) is 5.95 Å². The second-order valence-electron chi connectivity index (χ2n) is 11.1. The molecule has 2 aromatic heterocycles. The van der Waals surface area contributed by atoms with Crippen LogP contribution in [0, 0.1) is 0 Å². The summed E-state index contributed by atoms with van der Waals surface area (Å²) in [7, 11) is -4.18. The lowest BCUT2D eigenvalue weighted by molar-refractivity contribution is -0.152. The number of fused-ring (bicyclic) bond motifs is 1. The number of thiol groups is 1. The maximum absolute atomic E-state index is 14.1. The number of para-hydroxylation sites is 1. The van der Waals surface area contributed by atoms with Gasteiger partial charge in [-0.3, -0.25) is 13.9 Å². The number of esters is 1. The molecule has 2 unspecified atom stereocenters. The third-order valence-electron chi connectivity index (χ3n) is 7.61. The van der Waals surface area contributed by atoms with Crippen LogP contribution in [0.3, 0.4) is 0 Å². The van der Waals surface area contributed by atoms with Gasteiger partial charge in [0.1, 0.15) is 23.5 Å². The van der Waals surface area contributed by atoms with Crippen molar-refractivity contribution < 1.29 is 37.7 Å². The Balaban J connectivity index is 1.33. The first-order valence-corrected chi connectivity index (χ1v) is 16.7. The van der Waals surface area contributed by atoms with E-state index in [0.29, 0.717) is 17.8 Å². The highest BCUT2D eigenvalue weighted by atomic mass is 32.1. The van der Waals surface area contributed by atoms with E-state index in [1.54, 1.807) is 44.2 Å². The lowest BCUT2D eigenvalue weighted by atomic mass is 9.98. The summed E-state index contributed by atoms with van der Waals surface area (Å²) < 4.78 is 44.6. The van der Waals surface area contributed by atoms with Crippen molar-refractivity contribution in [2.24, 2.45) is 0 Å². The first-order chi connectivity index (χ1) is 21.0. The third-order valence-corrected chi connectivity index (χ3v) is 10.1. The Hall–Kier alpha value is -2.94. The molecule has 1 aromatic carbocycles. The largest absolute Gasteiger partial charge is 0.476 e. The first-order valence-electron chi connectivity index (χ1n) is 14.7. The summed E-state index contributed by atoms with van der Waals surface area (Å²) in [6.45, 7) is 4.92. The number of aliphatic hydroxyl groups is 1. The monoisotopic (exact) mass is 650 g/mol. The maximum Gasteiger partial charge on any atom is 0.459 e. The molecule has 3 heterocycles. The van der Waals surface area contributed by atoms with Crippen LogP contribution in [-0.4, -0.2) is 72.9 Å². The Morgan fingerprint density at radius 3 is 2.70 bits per heavy atom. The minimum atomic E-state index is -4.18. The highest BCUT2D eigenvalue weighted by Gasteiger charge is 2.53. The van der Waals surface area contributed by atoms with E-state index in [-0.39, 0.29) is 30.3 Å². The van der Waals surface area contributed by atoms with Crippen molar-refractivity contribution in [2.75, 3.05) is 18.9 Å². The number of anilines is 1. The van der Waals surface area contributed by atoms with Gasteiger partial charge in [-0.25, -0.2) is 9.55 Å². The number of nitrogens with two attached hydrogens (primary N) is 1. The molecule has 2 aliphatic rings. The maximum atomic E-state index is 14.1. The molecule has 16 heteroatoms. The van der Waals surface area contributed by atoms with Crippen molar-refractivity contribution in [2.45, 2.75) is 88.2 Å². The summed E-state index contributed by atoms with van der Waals surface area (Å²) in [5, 5.41) is 13.4. The molecular formula is C28H39N6O8PS. The number of imidazole rings is 1. The molecule has 14 nitrogen and oxygen atoms in total. The van der Waals surface area contributed by atoms with Crippen molar-refractivity contribution in [1.29, 1.82) is 0 Å². The van der Waals surface area contributed by atoms with Gasteiger partial charge in [0.05, 0.1) is 30.9 Å². The molecule has 2 fully saturated rings. The topological polar surface area (TPSA) is 182 Å². The van der Waals surface area contributed by atoms with Gasteiger partial charge in [0.2, 0.25) is 11.8 Å². The molecule has 1 saturated carbocycles. The zero-order valence-corrected chi connectivity index (χ0v) is 26.7. The van der Waals surface area contributed by atoms with E-state index >= 15 is 0 Å². The van der Waals surface area contributed by atoms with Crippen LogP contribution < -0.4 is 20.1 Å². The van der Waals surface area contributed by atoms with Crippen LogP contribution in [-0.2, 0) is 23.4 Å². The van der Waals surface area contributed by atoms with Gasteiger partial charge in [0.15, 0.2) is 17.4 Å². The number of hydrogen-bond acceptors (Lipinski definition) is 13. The standard InChI is InChI=1S/C28H39N6O8PS/c1-4-38-24-21-23(31-27(29)32-24)34(16-30-21)26-28(3,36)22(44)20(41-26)15-39-43(37,42-19-13-9-6-10-14-19)33-17(2)25(35)40-18-11-7-5-8-12-18/h6,9-10,13-14,16-18,20,22,26,36,44H,4-5,7-8,11-12,15H2,1-3H3,(H,33,37)(H2,29,31,32)/t17-,20?,22+,26+,28+,43?/m0/s1. The fourth-order valence-corrected chi connectivity index (χ4v) is 7.10. The number of ether oxygens (including phenoxy) is 3. The van der Waals surface area contributed by atoms with Crippen molar-refractivity contribution in [3.05, 3.63) is 36.7 Å². The lowest BCUT2D eigenvalue weighted by Gasteiger charge is -2.28. The van der Waals surface area contributed by atoms with E-state index in [0.717, 1.165) is 32.1 Å². The molecule has 44 heavy (non-hydrogen) atoms. The van der Waals surface area contributed by atoms with Gasteiger partial charge in [-0.2, -0.15) is 27.7 Å². The normalized spacial score (nSPS) is 26.2. The van der Waals surface area contributed by atoms with Crippen LogP contribution in [0.1, 0.15) is 59.1 Å². The van der Waals surface area contributed by atoms with Crippen LogP contribution in [0.15, 0.2) is 36.7 Å². The summed E-state index contributed by atoms with van der Waals surface area (Å²) in [5.74, 6) is -0.119. The van der Waals surface area contributed by atoms with Crippen LogP contribution in [0.5, 0.6) is 11.6 Å². The van der Waals surface area contributed by atoms with E-state index in [4.69, 9.17) is 29.0 Å². The van der Waals surface area contributed by atoms with E-state index in [1.807, 2.05) is 0 Å². The average molecular weight is 651 g/mol. The SMILES string of the molecule is CCOc1nc(N)nc2c1ncn2[C@@H]1OC(COP(=O)(N[C@@H](C)C(=O)OC2CCCCC2)Oc2ccccc2)[C@@H](S)[C@@]1(C)O. The molecule has 4 N–H and O–H groups in total. The van der Waals surface area contributed by atoms with Crippen molar-refractivity contribution in [3.8, 4) is 11.6 Å². The molecule has 240 valence electrons. The molecule has 1 saturated heterocycles.